The van der Waals surface area contributed by atoms with Crippen LogP contribution >= 0.6 is 0 Å². The minimum Gasteiger partial charge on any atom is -0.497 e. The van der Waals surface area contributed by atoms with Gasteiger partial charge >= 0.3 is 5.97 Å². The summed E-state index contributed by atoms with van der Waals surface area (Å²) in [6.07, 6.45) is 0. The molecular weight excluding hydrogens is 300 g/mol. The molecule has 0 heterocycles. The van der Waals surface area contributed by atoms with Gasteiger partial charge in [0.2, 0.25) is 0 Å². The van der Waals surface area contributed by atoms with Crippen LogP contribution in [0.5, 0.6) is 11.5 Å². The van der Waals surface area contributed by atoms with Crippen molar-refractivity contribution in [2.24, 2.45) is 0 Å². The number of carbonyl (C=O) groups excluding carboxylic acids is 1. The first-order chi connectivity index (χ1) is 10.7. The number of ether oxygens (including phenoxy) is 2. The molecule has 3 heteroatoms. The maximum absolute atomic E-state index is 10.8. The van der Waals surface area contributed by atoms with Gasteiger partial charge in [-0.2, -0.15) is 0 Å². The molecule has 3 nitrogen and oxygen atoms in total. The predicted molar refractivity (Wildman–Crippen MR) is 106 cm³/mol. The van der Waals surface area contributed by atoms with Crippen molar-refractivity contribution in [1.82, 2.24) is 0 Å². The van der Waals surface area contributed by atoms with Crippen LogP contribution in [-0.2, 0) is 4.79 Å². The fourth-order valence-corrected chi connectivity index (χ4v) is 1.66. The van der Waals surface area contributed by atoms with E-state index in [9.17, 15) is 4.79 Å². The van der Waals surface area contributed by atoms with Crippen molar-refractivity contribution in [3.63, 3.8) is 0 Å². The lowest BCUT2D eigenvalue weighted by molar-refractivity contribution is -0.131. The molecule has 2 aromatic carbocycles. The summed E-state index contributed by atoms with van der Waals surface area (Å²) in [6, 6.07) is 15.2. The Morgan fingerprint density at radius 2 is 1.04 bits per heavy atom. The van der Waals surface area contributed by atoms with Gasteiger partial charge in [-0.3, -0.25) is 4.79 Å². The van der Waals surface area contributed by atoms with E-state index in [2.05, 4.69) is 0 Å². The molecule has 0 amide bonds. The highest BCUT2D eigenvalue weighted by molar-refractivity contribution is 5.70. The molecule has 0 spiro atoms. The van der Waals surface area contributed by atoms with E-state index >= 15 is 0 Å². The smallest absolute Gasteiger partial charge is 0.308 e. The topological polar surface area (TPSA) is 35.5 Å². The Balaban J connectivity index is -0.000000684. The second-order valence-electron chi connectivity index (χ2n) is 3.85. The van der Waals surface area contributed by atoms with Crippen molar-refractivity contribution in [2.75, 3.05) is 7.11 Å². The first-order valence-corrected chi connectivity index (χ1v) is 7.62. The molecule has 0 bridgehead atoms. The van der Waals surface area contributed by atoms with Crippen LogP contribution in [0.15, 0.2) is 48.5 Å². The minimum atomic E-state index is -0.313. The van der Waals surface area contributed by atoms with Gasteiger partial charge in [0, 0.05) is 6.92 Å². The number of carbonyl (C=O) groups is 1. The molecule has 0 unspecified atom stereocenters. The Bertz CT molecular complexity index is 528. The largest absolute Gasteiger partial charge is 0.497 e. The first-order valence-electron chi connectivity index (χ1n) is 7.62. The highest BCUT2D eigenvalue weighted by atomic mass is 16.5. The van der Waals surface area contributed by atoms with Crippen LogP contribution in [0.25, 0.3) is 11.1 Å². The lowest BCUT2D eigenvalue weighted by Gasteiger charge is -2.05. The summed E-state index contributed by atoms with van der Waals surface area (Å²) in [5.74, 6) is 1.07. The van der Waals surface area contributed by atoms with Gasteiger partial charge in [-0.1, -0.05) is 66.8 Å². The van der Waals surface area contributed by atoms with Crippen molar-refractivity contribution in [3.05, 3.63) is 48.5 Å². The molecule has 0 aliphatic rings. The summed E-state index contributed by atoms with van der Waals surface area (Å²) in [7, 11) is 1.64. The van der Waals surface area contributed by atoms with Crippen LogP contribution in [0.3, 0.4) is 0 Å². The van der Waals surface area contributed by atoms with Crippen LogP contribution < -0.4 is 9.47 Å². The Morgan fingerprint density at radius 1 is 0.708 bits per heavy atom. The van der Waals surface area contributed by atoms with E-state index in [0.29, 0.717) is 5.75 Å². The quantitative estimate of drug-likeness (QED) is 0.468. The van der Waals surface area contributed by atoms with Crippen molar-refractivity contribution >= 4 is 5.97 Å². The third-order valence-corrected chi connectivity index (χ3v) is 2.54. The standard InChI is InChI=1S/C15H14O3.2C2H6.2CH4/c1-11(16)18-15-9-5-13(6-10-15)12-3-7-14(17-2)8-4-12;2*1-2;;/h3-10H,1-2H3;2*1-2H3;2*1H4. The molecule has 0 radical (unpaired) electrons. The highest BCUT2D eigenvalue weighted by Crippen LogP contribution is 2.24. The number of esters is 1. The average Bonchev–Trinajstić information content (AvgIpc) is 2.59. The molecule has 24 heavy (non-hydrogen) atoms. The average molecular weight is 335 g/mol. The van der Waals surface area contributed by atoms with E-state index < -0.39 is 0 Å². The number of rotatable bonds is 3. The molecular formula is C21H34O3. The summed E-state index contributed by atoms with van der Waals surface area (Å²) in [5.41, 5.74) is 2.15. The molecule has 136 valence electrons. The zero-order valence-electron chi connectivity index (χ0n) is 14.3. The summed E-state index contributed by atoms with van der Waals surface area (Å²) in [5, 5.41) is 0. The minimum absolute atomic E-state index is 0. The van der Waals surface area contributed by atoms with E-state index in [-0.39, 0.29) is 20.8 Å². The zero-order valence-corrected chi connectivity index (χ0v) is 14.3. The monoisotopic (exact) mass is 334 g/mol. The lowest BCUT2D eigenvalue weighted by Crippen LogP contribution is -2.00. The van der Waals surface area contributed by atoms with Gasteiger partial charge < -0.3 is 9.47 Å². The van der Waals surface area contributed by atoms with Gasteiger partial charge in [0.1, 0.15) is 11.5 Å². The zero-order chi connectivity index (χ0) is 17.0. The molecule has 0 fully saturated rings. The van der Waals surface area contributed by atoms with Crippen molar-refractivity contribution in [2.45, 2.75) is 49.5 Å². The normalized spacial score (nSPS) is 7.92. The highest BCUT2D eigenvalue weighted by Gasteiger charge is 2.01. The number of benzene rings is 2. The van der Waals surface area contributed by atoms with E-state index in [1.54, 1.807) is 19.2 Å². The lowest BCUT2D eigenvalue weighted by atomic mass is 10.1. The fourth-order valence-electron chi connectivity index (χ4n) is 1.66. The van der Waals surface area contributed by atoms with Crippen LogP contribution in [0, 0.1) is 0 Å². The first kappa shape index (κ1) is 26.6. The molecule has 0 saturated carbocycles. The molecule has 0 saturated heterocycles. The van der Waals surface area contributed by atoms with Crippen LogP contribution in [0.4, 0.5) is 0 Å². The van der Waals surface area contributed by atoms with Gasteiger partial charge in [0.15, 0.2) is 0 Å². The molecule has 0 aliphatic heterocycles. The van der Waals surface area contributed by atoms with Gasteiger partial charge in [-0.05, 0) is 35.4 Å². The molecule has 0 atom stereocenters. The number of hydrogen-bond donors (Lipinski definition) is 0. The van der Waals surface area contributed by atoms with Gasteiger partial charge in [-0.25, -0.2) is 0 Å². The van der Waals surface area contributed by atoms with E-state index in [0.717, 1.165) is 16.9 Å². The molecule has 0 N–H and O–H groups in total. The number of methoxy groups -OCH3 is 1. The third-order valence-electron chi connectivity index (χ3n) is 2.54. The van der Waals surface area contributed by atoms with E-state index in [1.807, 2.05) is 64.1 Å². The van der Waals surface area contributed by atoms with Crippen LogP contribution in [0.1, 0.15) is 49.5 Å². The second kappa shape index (κ2) is 15.6. The van der Waals surface area contributed by atoms with Crippen LogP contribution in [0.2, 0.25) is 0 Å². The maximum atomic E-state index is 10.8. The Hall–Kier alpha value is -2.29. The summed E-state index contributed by atoms with van der Waals surface area (Å²) in [6.45, 7) is 9.39. The van der Waals surface area contributed by atoms with Crippen molar-refractivity contribution in [3.8, 4) is 22.6 Å². The van der Waals surface area contributed by atoms with E-state index in [1.165, 1.54) is 6.92 Å². The predicted octanol–water partition coefficient (Wildman–Crippen LogP) is 6.61. The molecule has 0 aromatic heterocycles. The number of hydrogen-bond acceptors (Lipinski definition) is 3. The Labute approximate surface area is 148 Å². The molecule has 2 aromatic rings. The van der Waals surface area contributed by atoms with Crippen molar-refractivity contribution in [1.29, 1.82) is 0 Å². The Kier molecular flexibility index (Phi) is 17.3. The molecule has 2 rings (SSSR count). The third kappa shape index (κ3) is 8.99. The fraction of sp³-hybridized carbons (Fsp3) is 0.381. The van der Waals surface area contributed by atoms with Crippen molar-refractivity contribution < 1.29 is 14.3 Å². The molecule has 0 aliphatic carbocycles. The summed E-state index contributed by atoms with van der Waals surface area (Å²) >= 11 is 0. The maximum Gasteiger partial charge on any atom is 0.308 e. The van der Waals surface area contributed by atoms with Gasteiger partial charge in [-0.15, -0.1) is 0 Å². The second-order valence-corrected chi connectivity index (χ2v) is 3.85. The SMILES string of the molecule is C.C.CC.CC.COc1ccc(-c2ccc(OC(C)=O)cc2)cc1. The summed E-state index contributed by atoms with van der Waals surface area (Å²) in [4.78, 5) is 10.8. The summed E-state index contributed by atoms with van der Waals surface area (Å²) < 4.78 is 10.1. The van der Waals surface area contributed by atoms with Gasteiger partial charge in [0.25, 0.3) is 0 Å². The Morgan fingerprint density at radius 3 is 1.33 bits per heavy atom. The van der Waals surface area contributed by atoms with Gasteiger partial charge in [0.05, 0.1) is 7.11 Å². The van der Waals surface area contributed by atoms with Crippen LogP contribution in [-0.4, -0.2) is 13.1 Å². The van der Waals surface area contributed by atoms with E-state index in [4.69, 9.17) is 9.47 Å².